The predicted molar refractivity (Wildman–Crippen MR) is 107 cm³/mol. The Morgan fingerprint density at radius 3 is 2.04 bits per heavy atom. The van der Waals surface area contributed by atoms with Crippen molar-refractivity contribution >= 4 is 36.8 Å². The van der Waals surface area contributed by atoms with Gasteiger partial charge in [-0.1, -0.05) is 32.7 Å². The van der Waals surface area contributed by atoms with Gasteiger partial charge >= 0.3 is 13.6 Å². The van der Waals surface area contributed by atoms with Gasteiger partial charge in [0.2, 0.25) is 0 Å². The summed E-state index contributed by atoms with van der Waals surface area (Å²) in [6.45, 7) is 7.69. The maximum Gasteiger partial charge on any atom is 0.434 e. The Labute approximate surface area is 169 Å². The van der Waals surface area contributed by atoms with E-state index in [1.807, 2.05) is 27.7 Å². The molecule has 0 saturated carbocycles. The maximum atomic E-state index is 13.5. The van der Waals surface area contributed by atoms with Crippen molar-refractivity contribution in [2.24, 2.45) is 18.9 Å². The first-order valence-corrected chi connectivity index (χ1v) is 11.3. The number of aromatic nitrogens is 2. The van der Waals surface area contributed by atoms with Crippen LogP contribution in [0.25, 0.3) is 0 Å². The molecule has 2 atom stereocenters. The number of hydrogen-bond acceptors (Lipinski definition) is 5. The number of nitrogens with zero attached hydrogens (tertiary/aromatic N) is 3. The van der Waals surface area contributed by atoms with Crippen LogP contribution in [0.5, 0.6) is 0 Å². The molecule has 0 fully saturated rings. The molecule has 2 N–H and O–H groups in total. The minimum absolute atomic E-state index is 0.118. The second-order valence-electron chi connectivity index (χ2n) is 6.96. The lowest BCUT2D eigenvalue weighted by Crippen LogP contribution is -2.42. The standard InChI is InChI=1S/C15H28Cl2N5O4P/c1-10(2)13(6-16)19-27(25,20-14(7-17)11(3)4)26-9-12-8-18-15(21(12)5)22(23)24/h8,10-11,13-14H,6-7,9H2,1-5H3,(H2,19,20,25)/t13-,14-/m0/s1. The Kier molecular flexibility index (Phi) is 9.68. The molecule has 0 amide bonds. The minimum atomic E-state index is -3.55. The molecule has 0 aromatic carbocycles. The number of halogens is 2. The normalized spacial score (nSPS) is 14.7. The van der Waals surface area contributed by atoms with E-state index in [4.69, 9.17) is 27.7 Å². The van der Waals surface area contributed by atoms with Gasteiger partial charge in [0.15, 0.2) is 0 Å². The van der Waals surface area contributed by atoms with Gasteiger partial charge in [-0.2, -0.15) is 0 Å². The fourth-order valence-corrected chi connectivity index (χ4v) is 5.44. The summed E-state index contributed by atoms with van der Waals surface area (Å²) in [5, 5.41) is 16.9. The van der Waals surface area contributed by atoms with Crippen molar-refractivity contribution in [1.82, 2.24) is 19.7 Å². The molecule has 0 aliphatic rings. The number of alkyl halides is 2. The van der Waals surface area contributed by atoms with Crippen molar-refractivity contribution in [3.05, 3.63) is 22.0 Å². The third-order valence-corrected chi connectivity index (χ3v) is 6.73. The summed E-state index contributed by atoms with van der Waals surface area (Å²) in [5.41, 5.74) is 0.421. The molecule has 9 nitrogen and oxygen atoms in total. The zero-order chi connectivity index (χ0) is 20.8. The molecule has 0 aliphatic carbocycles. The SMILES string of the molecule is CC(C)[C@H](CCl)NP(=O)(N[C@@H](CCl)C(C)C)OCc1cnc([N+](=O)[O-])n1C. The van der Waals surface area contributed by atoms with Gasteiger partial charge in [0, 0.05) is 23.8 Å². The molecule has 0 spiro atoms. The molecule has 1 rings (SSSR count). The van der Waals surface area contributed by atoms with Crippen LogP contribution in [0.3, 0.4) is 0 Å². The molecular weight excluding hydrogens is 416 g/mol. The molecule has 0 aliphatic heterocycles. The van der Waals surface area contributed by atoms with E-state index in [0.717, 1.165) is 0 Å². The van der Waals surface area contributed by atoms with E-state index in [0.29, 0.717) is 5.69 Å². The molecule has 0 unspecified atom stereocenters. The van der Waals surface area contributed by atoms with Crippen molar-refractivity contribution in [2.75, 3.05) is 11.8 Å². The van der Waals surface area contributed by atoms with Gasteiger partial charge in [0.05, 0.1) is 7.05 Å². The maximum absolute atomic E-state index is 13.5. The summed E-state index contributed by atoms with van der Waals surface area (Å²) in [6.07, 6.45) is 1.32. The molecular formula is C15H28Cl2N5O4P. The van der Waals surface area contributed by atoms with E-state index in [2.05, 4.69) is 15.2 Å². The lowest BCUT2D eigenvalue weighted by atomic mass is 10.1. The van der Waals surface area contributed by atoms with Gasteiger partial charge in [-0.05, 0) is 16.8 Å². The Balaban J connectivity index is 3.03. The molecule has 27 heavy (non-hydrogen) atoms. The molecule has 0 saturated heterocycles. The summed E-state index contributed by atoms with van der Waals surface area (Å²) in [7, 11) is -2.05. The first-order valence-electron chi connectivity index (χ1n) is 8.61. The van der Waals surface area contributed by atoms with Crippen LogP contribution in [0.2, 0.25) is 0 Å². The number of hydrogen-bond donors (Lipinski definition) is 2. The van der Waals surface area contributed by atoms with Gasteiger partial charge in [0.1, 0.15) is 18.5 Å². The van der Waals surface area contributed by atoms with E-state index in [9.17, 15) is 14.7 Å². The molecule has 1 aromatic heterocycles. The first kappa shape index (κ1) is 24.3. The van der Waals surface area contributed by atoms with E-state index < -0.39 is 12.6 Å². The fraction of sp³-hybridized carbons (Fsp3) is 0.800. The van der Waals surface area contributed by atoms with E-state index >= 15 is 0 Å². The number of imidazole rings is 1. The summed E-state index contributed by atoms with van der Waals surface area (Å²) < 4.78 is 20.4. The second kappa shape index (κ2) is 10.7. The summed E-state index contributed by atoms with van der Waals surface area (Å²) in [5.74, 6) is 0.416. The topological polar surface area (TPSA) is 111 Å². The van der Waals surface area contributed by atoms with Gasteiger partial charge in [-0.3, -0.25) is 9.09 Å². The van der Waals surface area contributed by atoms with E-state index in [1.54, 1.807) is 0 Å². The summed E-state index contributed by atoms with van der Waals surface area (Å²) >= 11 is 12.0. The van der Waals surface area contributed by atoms with Crippen molar-refractivity contribution in [1.29, 1.82) is 0 Å². The van der Waals surface area contributed by atoms with Gasteiger partial charge in [-0.15, -0.1) is 23.2 Å². The molecule has 0 radical (unpaired) electrons. The van der Waals surface area contributed by atoms with Crippen molar-refractivity contribution < 1.29 is 14.0 Å². The third kappa shape index (κ3) is 7.00. The molecule has 1 heterocycles. The van der Waals surface area contributed by atoms with Crippen LogP contribution in [0.4, 0.5) is 5.95 Å². The summed E-state index contributed by atoms with van der Waals surface area (Å²) in [4.78, 5) is 14.1. The highest BCUT2D eigenvalue weighted by atomic mass is 35.5. The lowest BCUT2D eigenvalue weighted by Gasteiger charge is -2.31. The minimum Gasteiger partial charge on any atom is -0.390 e. The van der Waals surface area contributed by atoms with Crippen LogP contribution in [0, 0.1) is 22.0 Å². The van der Waals surface area contributed by atoms with Gasteiger partial charge < -0.3 is 10.1 Å². The number of nitrogens with one attached hydrogen (secondary N) is 2. The number of rotatable bonds is 12. The Morgan fingerprint density at radius 2 is 1.70 bits per heavy atom. The average Bonchev–Trinajstić information content (AvgIpc) is 2.96. The van der Waals surface area contributed by atoms with Crippen LogP contribution in [0.15, 0.2) is 6.20 Å². The molecule has 1 aromatic rings. The van der Waals surface area contributed by atoms with Crippen molar-refractivity contribution in [2.45, 2.75) is 46.4 Å². The zero-order valence-corrected chi connectivity index (χ0v) is 18.6. The van der Waals surface area contributed by atoms with Crippen LogP contribution in [-0.2, 0) is 22.7 Å². The Hall–Kier alpha value is -0.700. The monoisotopic (exact) mass is 443 g/mol. The first-order chi connectivity index (χ1) is 12.5. The second-order valence-corrected chi connectivity index (χ2v) is 9.45. The Morgan fingerprint density at radius 1 is 1.22 bits per heavy atom. The molecule has 0 bridgehead atoms. The third-order valence-electron chi connectivity index (χ3n) is 4.23. The van der Waals surface area contributed by atoms with E-state index in [1.165, 1.54) is 17.8 Å². The van der Waals surface area contributed by atoms with Crippen molar-refractivity contribution in [3.63, 3.8) is 0 Å². The Bertz CT molecular complexity index is 649. The van der Waals surface area contributed by atoms with Gasteiger partial charge in [-0.25, -0.2) is 14.7 Å². The van der Waals surface area contributed by atoms with Crippen LogP contribution < -0.4 is 10.2 Å². The lowest BCUT2D eigenvalue weighted by molar-refractivity contribution is -0.396. The van der Waals surface area contributed by atoms with Crippen molar-refractivity contribution in [3.8, 4) is 0 Å². The smallest absolute Gasteiger partial charge is 0.390 e. The quantitative estimate of drug-likeness (QED) is 0.219. The number of nitro groups is 1. The van der Waals surface area contributed by atoms with Crippen LogP contribution >= 0.6 is 30.9 Å². The van der Waals surface area contributed by atoms with E-state index in [-0.39, 0.29) is 48.2 Å². The van der Waals surface area contributed by atoms with Gasteiger partial charge in [0.25, 0.3) is 0 Å². The molecule has 12 heteroatoms. The van der Waals surface area contributed by atoms with Crippen LogP contribution in [-0.4, -0.2) is 38.3 Å². The zero-order valence-electron chi connectivity index (χ0n) is 16.2. The predicted octanol–water partition coefficient (Wildman–Crippen LogP) is 3.66. The highest BCUT2D eigenvalue weighted by molar-refractivity contribution is 7.54. The largest absolute Gasteiger partial charge is 0.434 e. The highest BCUT2D eigenvalue weighted by Gasteiger charge is 2.33. The summed E-state index contributed by atoms with van der Waals surface area (Å²) in [6, 6.07) is -0.511. The average molecular weight is 444 g/mol. The molecule has 156 valence electrons. The fourth-order valence-electron chi connectivity index (χ4n) is 2.17. The van der Waals surface area contributed by atoms with Crippen LogP contribution in [0.1, 0.15) is 33.4 Å². The highest BCUT2D eigenvalue weighted by Crippen LogP contribution is 2.42.